The third-order valence-corrected chi connectivity index (χ3v) is 4.90. The van der Waals surface area contributed by atoms with Gasteiger partial charge in [-0.05, 0) is 19.9 Å². The summed E-state index contributed by atoms with van der Waals surface area (Å²) in [5, 5.41) is 8.03. The predicted octanol–water partition coefficient (Wildman–Crippen LogP) is 2.46. The maximum atomic E-state index is 12.4. The van der Waals surface area contributed by atoms with Crippen LogP contribution >= 0.6 is 11.3 Å². The number of carbonyl (C=O) groups excluding carboxylic acids is 1. The highest BCUT2D eigenvalue weighted by molar-refractivity contribution is 7.13. The second-order valence-corrected chi connectivity index (χ2v) is 6.50. The fraction of sp³-hybridized carbons (Fsp3) is 0.333. The van der Waals surface area contributed by atoms with Crippen molar-refractivity contribution in [3.05, 3.63) is 34.0 Å². The van der Waals surface area contributed by atoms with Gasteiger partial charge in [0.25, 0.3) is 11.6 Å². The molecule has 1 aliphatic rings. The molecule has 4 heterocycles. The highest BCUT2D eigenvalue weighted by Gasteiger charge is 2.36. The molecule has 124 valence electrons. The lowest BCUT2D eigenvalue weighted by Gasteiger charge is -2.18. The molecule has 0 radical (unpaired) electrons. The molecular weight excluding hydrogens is 332 g/mol. The van der Waals surface area contributed by atoms with Gasteiger partial charge in [-0.25, -0.2) is 9.97 Å². The Kier molecular flexibility index (Phi) is 3.56. The molecule has 9 heteroatoms. The normalized spacial score (nSPS) is 16.6. The molecule has 0 aromatic carbocycles. The number of fused-ring (bicyclic) bond motifs is 1. The number of rotatable bonds is 3. The topological polar surface area (TPSA) is 99.4 Å². The molecule has 0 atom stereocenters. The van der Waals surface area contributed by atoms with Crippen molar-refractivity contribution < 1.29 is 18.8 Å². The first-order valence-corrected chi connectivity index (χ1v) is 8.14. The lowest BCUT2D eigenvalue weighted by Crippen LogP contribution is -2.21. The van der Waals surface area contributed by atoms with Gasteiger partial charge in [0, 0.05) is 0 Å². The van der Waals surface area contributed by atoms with Crippen LogP contribution in [-0.2, 0) is 15.3 Å². The van der Waals surface area contributed by atoms with E-state index in [0.717, 1.165) is 11.1 Å². The van der Waals surface area contributed by atoms with Crippen LogP contribution in [0.5, 0.6) is 0 Å². The van der Waals surface area contributed by atoms with Crippen molar-refractivity contribution in [2.24, 2.45) is 0 Å². The van der Waals surface area contributed by atoms with Crippen molar-refractivity contribution in [3.63, 3.8) is 0 Å². The highest BCUT2D eigenvalue weighted by atomic mass is 32.1. The molecule has 1 saturated heterocycles. The largest absolute Gasteiger partial charge is 0.342 e. The predicted molar refractivity (Wildman–Crippen MR) is 85.9 cm³/mol. The molecular formula is C15H14N4O4S. The Morgan fingerprint density at radius 3 is 2.88 bits per heavy atom. The Balaban J connectivity index is 1.55. The summed E-state index contributed by atoms with van der Waals surface area (Å²) >= 11 is 1.24. The van der Waals surface area contributed by atoms with Crippen molar-refractivity contribution >= 4 is 34.0 Å². The number of anilines is 1. The van der Waals surface area contributed by atoms with E-state index in [-0.39, 0.29) is 5.91 Å². The molecule has 8 nitrogen and oxygen atoms in total. The average molecular weight is 346 g/mol. The molecule has 3 aromatic heterocycles. The van der Waals surface area contributed by atoms with Gasteiger partial charge in [0.2, 0.25) is 5.79 Å². The average Bonchev–Trinajstić information content (AvgIpc) is 3.29. The maximum absolute atomic E-state index is 12.4. The van der Waals surface area contributed by atoms with Crippen LogP contribution in [0.25, 0.3) is 11.1 Å². The van der Waals surface area contributed by atoms with Crippen molar-refractivity contribution in [2.75, 3.05) is 18.5 Å². The molecule has 0 saturated carbocycles. The lowest BCUT2D eigenvalue weighted by molar-refractivity contribution is -0.149. The number of ether oxygens (including phenoxy) is 2. The van der Waals surface area contributed by atoms with E-state index in [0.29, 0.717) is 34.5 Å². The second kappa shape index (κ2) is 5.62. The van der Waals surface area contributed by atoms with E-state index < -0.39 is 5.79 Å². The molecule has 0 unspecified atom stereocenters. The summed E-state index contributed by atoms with van der Waals surface area (Å²) in [6.45, 7) is 4.65. The van der Waals surface area contributed by atoms with E-state index in [1.165, 1.54) is 23.7 Å². The van der Waals surface area contributed by atoms with E-state index in [1.54, 1.807) is 13.0 Å². The minimum atomic E-state index is -0.872. The first-order chi connectivity index (χ1) is 11.5. The maximum Gasteiger partial charge on any atom is 0.267 e. The zero-order chi connectivity index (χ0) is 16.7. The third-order valence-electron chi connectivity index (χ3n) is 3.72. The van der Waals surface area contributed by atoms with Gasteiger partial charge in [0.15, 0.2) is 5.01 Å². The standard InChI is InChI=1S/C15H14N4O4S/c1-8-10-5-9(6-16-13(10)23-19-8)18-12(20)11-7-17-14(24-11)15(2)21-3-4-22-15/h5-7H,3-4H2,1-2H3,(H,18,20). The van der Waals surface area contributed by atoms with Gasteiger partial charge in [-0.15, -0.1) is 11.3 Å². The Bertz CT molecular complexity index is 913. The summed E-state index contributed by atoms with van der Waals surface area (Å²) < 4.78 is 16.2. The van der Waals surface area contributed by atoms with Gasteiger partial charge in [-0.2, -0.15) is 0 Å². The minimum absolute atomic E-state index is 0.268. The van der Waals surface area contributed by atoms with Crippen LogP contribution in [0.2, 0.25) is 0 Å². The van der Waals surface area contributed by atoms with Gasteiger partial charge < -0.3 is 19.3 Å². The fourth-order valence-corrected chi connectivity index (χ4v) is 3.30. The number of aryl methyl sites for hydroxylation is 1. The van der Waals surface area contributed by atoms with Crippen LogP contribution in [0, 0.1) is 6.92 Å². The highest BCUT2D eigenvalue weighted by Crippen LogP contribution is 2.33. The number of amides is 1. The zero-order valence-electron chi connectivity index (χ0n) is 13.0. The van der Waals surface area contributed by atoms with E-state index in [2.05, 4.69) is 20.4 Å². The number of hydrogen-bond donors (Lipinski definition) is 1. The summed E-state index contributed by atoms with van der Waals surface area (Å²) in [6, 6.07) is 1.78. The van der Waals surface area contributed by atoms with E-state index in [1.807, 2.05) is 6.92 Å². The Morgan fingerprint density at radius 2 is 2.08 bits per heavy atom. The number of pyridine rings is 1. The smallest absolute Gasteiger partial charge is 0.267 e. The summed E-state index contributed by atoms with van der Waals surface area (Å²) in [4.78, 5) is 21.3. The molecule has 1 aliphatic heterocycles. The first-order valence-electron chi connectivity index (χ1n) is 7.33. The van der Waals surface area contributed by atoms with E-state index >= 15 is 0 Å². The minimum Gasteiger partial charge on any atom is -0.342 e. The molecule has 24 heavy (non-hydrogen) atoms. The van der Waals surface area contributed by atoms with Gasteiger partial charge >= 0.3 is 0 Å². The zero-order valence-corrected chi connectivity index (χ0v) is 13.8. The van der Waals surface area contributed by atoms with Crippen LogP contribution in [0.1, 0.15) is 27.3 Å². The van der Waals surface area contributed by atoms with Crippen molar-refractivity contribution in [1.29, 1.82) is 0 Å². The Hall–Kier alpha value is -2.36. The number of nitrogens with one attached hydrogen (secondary N) is 1. The number of thiazole rings is 1. The van der Waals surface area contributed by atoms with Crippen molar-refractivity contribution in [1.82, 2.24) is 15.1 Å². The Labute approximate surface area is 140 Å². The Morgan fingerprint density at radius 1 is 1.29 bits per heavy atom. The van der Waals surface area contributed by atoms with E-state index in [4.69, 9.17) is 14.0 Å². The molecule has 0 spiro atoms. The molecule has 1 N–H and O–H groups in total. The van der Waals surface area contributed by atoms with Crippen LogP contribution in [0.15, 0.2) is 23.0 Å². The quantitative estimate of drug-likeness (QED) is 0.777. The van der Waals surface area contributed by atoms with Crippen LogP contribution in [0.3, 0.4) is 0 Å². The second-order valence-electron chi connectivity index (χ2n) is 5.47. The number of carbonyl (C=O) groups is 1. The summed E-state index contributed by atoms with van der Waals surface area (Å²) in [7, 11) is 0. The van der Waals surface area contributed by atoms with Gasteiger partial charge in [-0.1, -0.05) is 5.16 Å². The van der Waals surface area contributed by atoms with Crippen molar-refractivity contribution in [3.8, 4) is 0 Å². The molecule has 0 bridgehead atoms. The molecule has 4 rings (SSSR count). The summed E-state index contributed by atoms with van der Waals surface area (Å²) in [6.07, 6.45) is 3.04. The van der Waals surface area contributed by atoms with Crippen LogP contribution in [-0.4, -0.2) is 34.2 Å². The fourth-order valence-electron chi connectivity index (χ4n) is 2.43. The number of aromatic nitrogens is 3. The molecule has 0 aliphatic carbocycles. The van der Waals surface area contributed by atoms with Crippen LogP contribution < -0.4 is 5.32 Å². The first kappa shape index (κ1) is 15.2. The van der Waals surface area contributed by atoms with Crippen LogP contribution in [0.4, 0.5) is 5.69 Å². The SMILES string of the molecule is Cc1noc2ncc(NC(=O)c3cnc(C4(C)OCCO4)s3)cc12. The van der Waals surface area contributed by atoms with Gasteiger partial charge in [-0.3, -0.25) is 4.79 Å². The number of hydrogen-bond acceptors (Lipinski definition) is 8. The third kappa shape index (κ3) is 2.56. The van der Waals surface area contributed by atoms with Crippen molar-refractivity contribution in [2.45, 2.75) is 19.6 Å². The molecule has 3 aromatic rings. The summed E-state index contributed by atoms with van der Waals surface area (Å²) in [5.41, 5.74) is 1.72. The molecule has 1 amide bonds. The lowest BCUT2D eigenvalue weighted by atomic mass is 10.2. The summed E-state index contributed by atoms with van der Waals surface area (Å²) in [5.74, 6) is -1.14. The molecule has 1 fully saturated rings. The van der Waals surface area contributed by atoms with E-state index in [9.17, 15) is 4.79 Å². The van der Waals surface area contributed by atoms with Gasteiger partial charge in [0.1, 0.15) is 4.88 Å². The van der Waals surface area contributed by atoms with Gasteiger partial charge in [0.05, 0.1) is 42.4 Å². The monoisotopic (exact) mass is 346 g/mol. The number of nitrogens with zero attached hydrogens (tertiary/aromatic N) is 3.